The molecule has 0 aromatic carbocycles. The van der Waals surface area contributed by atoms with Gasteiger partial charge in [-0.25, -0.2) is 9.97 Å². The number of esters is 1. The van der Waals surface area contributed by atoms with Crippen molar-refractivity contribution in [3.8, 4) is 0 Å². The van der Waals surface area contributed by atoms with E-state index in [2.05, 4.69) is 20.0 Å². The van der Waals surface area contributed by atoms with Gasteiger partial charge in [0.1, 0.15) is 9.86 Å². The van der Waals surface area contributed by atoms with Crippen molar-refractivity contribution in [2.24, 2.45) is 0 Å². The molecule has 1 N–H and O–H groups in total. The molecule has 96 valence electrons. The van der Waals surface area contributed by atoms with Gasteiger partial charge in [0.05, 0.1) is 12.9 Å². The predicted octanol–water partition coefficient (Wildman–Crippen LogP) is 2.31. The van der Waals surface area contributed by atoms with Crippen molar-refractivity contribution in [2.45, 2.75) is 11.9 Å². The van der Waals surface area contributed by atoms with E-state index in [9.17, 15) is 4.79 Å². The van der Waals surface area contributed by atoms with E-state index in [0.717, 1.165) is 15.2 Å². The maximum atomic E-state index is 11.2. The van der Waals surface area contributed by atoms with Gasteiger partial charge in [0, 0.05) is 17.3 Å². The molecule has 0 amide bonds. The van der Waals surface area contributed by atoms with Crippen molar-refractivity contribution >= 4 is 45.2 Å². The van der Waals surface area contributed by atoms with Gasteiger partial charge in [0.25, 0.3) is 0 Å². The van der Waals surface area contributed by atoms with Crippen LogP contribution in [-0.4, -0.2) is 35.8 Å². The van der Waals surface area contributed by atoms with Crippen molar-refractivity contribution in [1.29, 1.82) is 0 Å². The number of anilines is 1. The number of ether oxygens (including phenoxy) is 1. The monoisotopic (exact) mass is 283 g/mol. The Labute approximate surface area is 113 Å². The molecule has 7 heteroatoms. The number of rotatable bonds is 4. The number of aromatic nitrogens is 2. The quantitative estimate of drug-likeness (QED) is 0.528. The maximum absolute atomic E-state index is 11.2. The summed E-state index contributed by atoms with van der Waals surface area (Å²) in [4.78, 5) is 22.1. The smallest absolute Gasteiger partial charge is 0.316 e. The van der Waals surface area contributed by atoms with Gasteiger partial charge in [-0.2, -0.15) is 0 Å². The first-order valence-electron chi connectivity index (χ1n) is 5.29. The number of nitrogens with one attached hydrogen (secondary N) is 1. The zero-order chi connectivity index (χ0) is 13.1. The van der Waals surface area contributed by atoms with E-state index >= 15 is 0 Å². The number of fused-ring (bicyclic) bond motifs is 1. The standard InChI is InChI=1S/C11H13N3O2S2/c1-6-4-7-9(17-5-8(15)16-3)13-11(12-2)14-10(7)18-6/h4H,5H2,1-3H3,(H,12,13,14). The molecule has 0 bridgehead atoms. The minimum absolute atomic E-state index is 0.251. The van der Waals surface area contributed by atoms with Crippen LogP contribution in [-0.2, 0) is 9.53 Å². The Bertz CT molecular complexity index is 583. The van der Waals surface area contributed by atoms with Crippen LogP contribution in [0.5, 0.6) is 0 Å². The Kier molecular flexibility index (Phi) is 4.03. The second-order valence-electron chi connectivity index (χ2n) is 3.54. The number of hydrogen-bond acceptors (Lipinski definition) is 7. The van der Waals surface area contributed by atoms with Crippen LogP contribution in [0.1, 0.15) is 4.88 Å². The van der Waals surface area contributed by atoms with E-state index in [1.54, 1.807) is 18.4 Å². The van der Waals surface area contributed by atoms with Gasteiger partial charge >= 0.3 is 5.97 Å². The highest BCUT2D eigenvalue weighted by atomic mass is 32.2. The Morgan fingerprint density at radius 2 is 2.33 bits per heavy atom. The van der Waals surface area contributed by atoms with Gasteiger partial charge < -0.3 is 10.1 Å². The average molecular weight is 283 g/mol. The number of nitrogens with zero attached hydrogens (tertiary/aromatic N) is 2. The van der Waals surface area contributed by atoms with Crippen LogP contribution in [0.4, 0.5) is 5.95 Å². The molecule has 2 rings (SSSR count). The molecule has 0 aliphatic carbocycles. The molecule has 0 fully saturated rings. The normalized spacial score (nSPS) is 10.6. The molecule has 5 nitrogen and oxygen atoms in total. The number of thioether (sulfide) groups is 1. The summed E-state index contributed by atoms with van der Waals surface area (Å²) in [6.45, 7) is 2.03. The van der Waals surface area contributed by atoms with Crippen molar-refractivity contribution in [1.82, 2.24) is 9.97 Å². The number of carbonyl (C=O) groups is 1. The Morgan fingerprint density at radius 3 is 3.00 bits per heavy atom. The summed E-state index contributed by atoms with van der Waals surface area (Å²) in [7, 11) is 3.16. The number of hydrogen-bond donors (Lipinski definition) is 1. The summed E-state index contributed by atoms with van der Waals surface area (Å²) in [5.74, 6) is 0.558. The molecule has 0 unspecified atom stereocenters. The third-order valence-corrected chi connectivity index (χ3v) is 4.17. The summed E-state index contributed by atoms with van der Waals surface area (Å²) in [5.41, 5.74) is 0. The van der Waals surface area contributed by atoms with Crippen LogP contribution in [0.2, 0.25) is 0 Å². The lowest BCUT2D eigenvalue weighted by Gasteiger charge is -2.04. The van der Waals surface area contributed by atoms with E-state index in [0.29, 0.717) is 5.95 Å². The molecular formula is C11H13N3O2S2. The molecule has 0 spiro atoms. The molecule has 0 saturated carbocycles. The van der Waals surface area contributed by atoms with Crippen molar-refractivity contribution in [2.75, 3.05) is 25.2 Å². The zero-order valence-electron chi connectivity index (χ0n) is 10.3. The van der Waals surface area contributed by atoms with Gasteiger partial charge in [0.2, 0.25) is 5.95 Å². The van der Waals surface area contributed by atoms with Crippen LogP contribution in [0, 0.1) is 6.92 Å². The van der Waals surface area contributed by atoms with Gasteiger partial charge in [-0.15, -0.1) is 11.3 Å². The first-order chi connectivity index (χ1) is 8.63. The van der Waals surface area contributed by atoms with Crippen LogP contribution >= 0.6 is 23.1 Å². The van der Waals surface area contributed by atoms with E-state index < -0.39 is 0 Å². The predicted molar refractivity (Wildman–Crippen MR) is 74.4 cm³/mol. The summed E-state index contributed by atoms with van der Waals surface area (Å²) in [5, 5.41) is 4.72. The highest BCUT2D eigenvalue weighted by Crippen LogP contribution is 2.31. The lowest BCUT2D eigenvalue weighted by atomic mass is 10.4. The van der Waals surface area contributed by atoms with E-state index in [1.165, 1.54) is 23.7 Å². The molecule has 0 atom stereocenters. The lowest BCUT2D eigenvalue weighted by molar-refractivity contribution is -0.137. The van der Waals surface area contributed by atoms with Gasteiger partial charge in [-0.05, 0) is 13.0 Å². The van der Waals surface area contributed by atoms with Gasteiger partial charge in [-0.3, -0.25) is 4.79 Å². The van der Waals surface area contributed by atoms with E-state index in [-0.39, 0.29) is 11.7 Å². The molecule has 2 aromatic rings. The molecule has 0 aliphatic heterocycles. The fraction of sp³-hybridized carbons (Fsp3) is 0.364. The third-order valence-electron chi connectivity index (χ3n) is 2.26. The second-order valence-corrected chi connectivity index (χ2v) is 5.74. The second kappa shape index (κ2) is 5.53. The summed E-state index contributed by atoms with van der Waals surface area (Å²) >= 11 is 2.98. The zero-order valence-corrected chi connectivity index (χ0v) is 11.9. The SMILES string of the molecule is CNc1nc(SCC(=O)OC)c2cc(C)sc2n1. The largest absolute Gasteiger partial charge is 0.468 e. The Balaban J connectivity index is 2.37. The fourth-order valence-corrected chi connectivity index (χ4v) is 3.20. The molecule has 0 radical (unpaired) electrons. The maximum Gasteiger partial charge on any atom is 0.316 e. The number of carbonyl (C=O) groups excluding carboxylic acids is 1. The van der Waals surface area contributed by atoms with Gasteiger partial charge in [0.15, 0.2) is 0 Å². The first-order valence-corrected chi connectivity index (χ1v) is 7.09. The van der Waals surface area contributed by atoms with E-state index in [1.807, 2.05) is 13.0 Å². The van der Waals surface area contributed by atoms with Crippen LogP contribution in [0.25, 0.3) is 10.2 Å². The molecule has 2 heterocycles. The fourth-order valence-electron chi connectivity index (χ4n) is 1.42. The Hall–Kier alpha value is -1.34. The van der Waals surface area contributed by atoms with Crippen molar-refractivity contribution in [3.63, 3.8) is 0 Å². The first kappa shape index (κ1) is 13.1. The molecule has 2 aromatic heterocycles. The highest BCUT2D eigenvalue weighted by molar-refractivity contribution is 8.00. The third kappa shape index (κ3) is 2.73. The minimum atomic E-state index is -0.260. The number of aryl methyl sites for hydroxylation is 1. The van der Waals surface area contributed by atoms with E-state index in [4.69, 9.17) is 0 Å². The van der Waals surface area contributed by atoms with Crippen LogP contribution < -0.4 is 5.32 Å². The van der Waals surface area contributed by atoms with Crippen molar-refractivity contribution in [3.05, 3.63) is 10.9 Å². The number of thiophene rings is 1. The van der Waals surface area contributed by atoms with Gasteiger partial charge in [-0.1, -0.05) is 11.8 Å². The van der Waals surface area contributed by atoms with Crippen molar-refractivity contribution < 1.29 is 9.53 Å². The average Bonchev–Trinajstić information content (AvgIpc) is 2.75. The Morgan fingerprint density at radius 1 is 1.56 bits per heavy atom. The topological polar surface area (TPSA) is 64.1 Å². The lowest BCUT2D eigenvalue weighted by Crippen LogP contribution is -2.04. The molecule has 0 aliphatic rings. The molecule has 18 heavy (non-hydrogen) atoms. The minimum Gasteiger partial charge on any atom is -0.468 e. The molecular weight excluding hydrogens is 270 g/mol. The summed E-state index contributed by atoms with van der Waals surface area (Å²) in [6.07, 6.45) is 0. The van der Waals surface area contributed by atoms with Crippen LogP contribution in [0.3, 0.4) is 0 Å². The summed E-state index contributed by atoms with van der Waals surface area (Å²) in [6, 6.07) is 2.04. The van der Waals surface area contributed by atoms with Crippen LogP contribution in [0.15, 0.2) is 11.1 Å². The molecule has 0 saturated heterocycles. The summed E-state index contributed by atoms with van der Waals surface area (Å²) < 4.78 is 4.63. The number of methoxy groups -OCH3 is 1. The highest BCUT2D eigenvalue weighted by Gasteiger charge is 2.12.